The summed E-state index contributed by atoms with van der Waals surface area (Å²) in [5.74, 6) is 8.28. The van der Waals surface area contributed by atoms with Gasteiger partial charge in [0, 0.05) is 225 Å². The molecule has 0 radical (unpaired) electrons. The molecule has 0 atom stereocenters. The summed E-state index contributed by atoms with van der Waals surface area (Å²) in [6.07, 6.45) is 37.1. The number of ether oxygens (including phenoxy) is 7. The molecule has 3 N–H and O–H groups in total. The Hall–Kier alpha value is -14.5. The minimum Gasteiger partial charge on any atom is -0.497 e. The lowest BCUT2D eigenvalue weighted by atomic mass is 10.1. The quantitative estimate of drug-likeness (QED) is 0.0339. The predicted octanol–water partition coefficient (Wildman–Crippen LogP) is 17.7. The van der Waals surface area contributed by atoms with Crippen molar-refractivity contribution in [3.8, 4) is 85.3 Å². The van der Waals surface area contributed by atoms with Crippen LogP contribution in [0.15, 0.2) is 220 Å². The molecule has 16 aromatic rings. The molecule has 21 rings (SSSR count). The lowest BCUT2D eigenvalue weighted by molar-refractivity contribution is 0.262. The molecular weight excluding hydrogens is 1850 g/mol. The second-order valence-corrected chi connectivity index (χ2v) is 41.6. The lowest BCUT2D eigenvalue weighted by Gasteiger charge is -2.30. The number of sulfonamides is 1. The Morgan fingerprint density at radius 2 is 0.692 bits per heavy atom. The predicted molar refractivity (Wildman–Crippen MR) is 560 cm³/mol. The first-order chi connectivity index (χ1) is 69.4. The third kappa shape index (κ3) is 25.5. The molecule has 34 nitrogen and oxygen atoms in total. The van der Waals surface area contributed by atoms with Crippen LogP contribution in [0.4, 0.5) is 45.5 Å². The van der Waals surface area contributed by atoms with Crippen molar-refractivity contribution in [2.75, 3.05) is 147 Å². The fourth-order valence-electron chi connectivity index (χ4n) is 17.5. The summed E-state index contributed by atoms with van der Waals surface area (Å²) < 4.78 is 93.8. The number of hydrogen-bond donors (Lipinski definition) is 2. The van der Waals surface area contributed by atoms with Crippen LogP contribution in [0, 0.1) is 30.6 Å². The number of nitrogens with two attached hydrogens (primary N) is 1. The minimum atomic E-state index is -3.16. The van der Waals surface area contributed by atoms with E-state index in [1.54, 1.807) is 85.4 Å². The van der Waals surface area contributed by atoms with Gasteiger partial charge in [-0.2, -0.15) is 20.4 Å². The summed E-state index contributed by atoms with van der Waals surface area (Å²) in [4.78, 5) is 47.6. The van der Waals surface area contributed by atoms with Gasteiger partial charge in [-0.15, -0.1) is 0 Å². The van der Waals surface area contributed by atoms with Crippen molar-refractivity contribution < 1.29 is 50.0 Å². The number of methoxy groups -OCH3 is 7. The first kappa shape index (κ1) is 98.7. The Labute approximate surface area is 833 Å². The Kier molecular flexibility index (Phi) is 30.6. The molecule has 744 valence electrons. The van der Waals surface area contributed by atoms with E-state index in [2.05, 4.69) is 145 Å². The maximum Gasteiger partial charge on any atom is 0.211 e. The number of fused-ring (bicyclic) bond motifs is 4. The molecule has 5 fully saturated rings. The van der Waals surface area contributed by atoms with Crippen LogP contribution < -0.4 is 63.8 Å². The van der Waals surface area contributed by atoms with Gasteiger partial charge >= 0.3 is 0 Å². The molecule has 0 spiro atoms. The SMILES string of the molecule is COc1cc(C)cc(N(CC2CC2)c2ccc3ncc(-c4cnn(C)c4)nc3c2)c1.COc1cc(OC)cc(N(CC2CC2)c2ccc3ncc(-c4cnn(C5CCN(S(C)(=O)=O)CC5)c4)nc3c2)c1.COc1cc(OC)cc(N(CC2CC2)c2ccc3ncc(-c4cnn(CCCNCCS(C)(=O)=O)c4)nc3c2)c1.COc1cc(OC)cc(N(CC2CC2)c2ccc3ncc(-c4cnn(CCN)c4)nc3c2)c1. The number of piperidine rings is 1. The number of sulfone groups is 1. The molecule has 0 unspecified atom stereocenters. The summed E-state index contributed by atoms with van der Waals surface area (Å²) in [6, 6.07) is 49.4. The van der Waals surface area contributed by atoms with Crippen molar-refractivity contribution in [1.29, 1.82) is 0 Å². The molecule has 0 amide bonds. The Bertz CT molecular complexity index is 7330. The highest BCUT2D eigenvalue weighted by Gasteiger charge is 2.33. The first-order valence-electron chi connectivity index (χ1n) is 48.5. The smallest absolute Gasteiger partial charge is 0.211 e. The van der Waals surface area contributed by atoms with Crippen LogP contribution in [0.5, 0.6) is 40.2 Å². The standard InChI is InChI=1S/C29H34N6O4S.C29H36N6O4S.C25H28N6O2.C24H25N5O/c1-38-25-12-24(13-26(15-25)39-2)34(18-20-4-5-20)23-6-7-27-28(14-23)32-29(17-30-27)21-16-31-35(19-21)22-8-10-33(11-9-22)40(3,36)37;1-38-25-13-24(14-26(16-25)39-2)35(19-21-5-6-21)23-7-8-27-28(15-23)33-29(18-31-27)22-17-32-34(20-22)11-4-9-30-10-12-40(3,36)37;1-32-21-9-20(10-22(12-21)33-2)31(15-17-3-4-17)19-5-6-23-24(11-19)29-25(14-27-23)18-13-28-30(16-18)8-7-26;1-16-8-20(10-21(9-16)30-3)29(14-17-4-5-17)19-6-7-22-23(11-19)27-24(13-25-22)18-12-26-28(2)15-18/h6-7,12-17,19-20,22H,4-5,8-11,18H2,1-3H3;7-8,13-18,20-21,30H,4-6,9-12,19H2,1-3H3;5-6,9-14,16-17H,3-4,7-8,15,26H2,1-2H3;6-13,15,17H,4-5,14H2,1-3H3. The number of aromatic nitrogens is 16. The lowest BCUT2D eigenvalue weighted by Crippen LogP contribution is -2.38. The zero-order chi connectivity index (χ0) is 99.4. The topological polar surface area (TPSA) is 362 Å². The molecule has 1 aliphatic heterocycles. The Morgan fingerprint density at radius 1 is 0.364 bits per heavy atom. The number of nitrogens with zero attached hydrogens (tertiary/aromatic N) is 21. The number of anilines is 8. The fourth-order valence-corrected chi connectivity index (χ4v) is 18.9. The van der Waals surface area contributed by atoms with Gasteiger partial charge < -0.3 is 63.8 Å². The third-order valence-corrected chi connectivity index (χ3v) is 28.4. The molecule has 8 aromatic heterocycles. The normalized spacial score (nSPS) is 14.4. The highest BCUT2D eigenvalue weighted by Crippen LogP contribution is 2.45. The molecule has 36 heteroatoms. The van der Waals surface area contributed by atoms with Gasteiger partial charge in [0.25, 0.3) is 0 Å². The van der Waals surface area contributed by atoms with Gasteiger partial charge in [-0.3, -0.25) is 38.7 Å². The minimum absolute atomic E-state index is 0.146. The van der Waals surface area contributed by atoms with Gasteiger partial charge in [-0.25, -0.2) is 41.1 Å². The Morgan fingerprint density at radius 3 is 1.02 bits per heavy atom. The highest BCUT2D eigenvalue weighted by atomic mass is 32.2. The summed E-state index contributed by atoms with van der Waals surface area (Å²) in [5.41, 5.74) is 28.8. The van der Waals surface area contributed by atoms with Crippen molar-refractivity contribution in [3.05, 3.63) is 226 Å². The highest BCUT2D eigenvalue weighted by molar-refractivity contribution is 7.90. The number of aryl methyl sites for hydroxylation is 3. The van der Waals surface area contributed by atoms with Gasteiger partial charge in [-0.1, -0.05) is 0 Å². The van der Waals surface area contributed by atoms with Crippen molar-refractivity contribution in [1.82, 2.24) is 88.6 Å². The monoisotopic (exact) mass is 1970 g/mol. The molecule has 5 aliphatic rings. The molecule has 9 heterocycles. The van der Waals surface area contributed by atoms with Gasteiger partial charge in [-0.05, 0) is 198 Å². The van der Waals surface area contributed by atoms with Crippen molar-refractivity contribution in [2.45, 2.75) is 96.7 Å². The second-order valence-electron chi connectivity index (χ2n) is 37.4. The average Bonchev–Trinajstić information content (AvgIpc) is 1.72. The van der Waals surface area contributed by atoms with Crippen molar-refractivity contribution in [3.63, 3.8) is 0 Å². The van der Waals surface area contributed by atoms with Crippen LogP contribution in [0.25, 0.3) is 89.2 Å². The molecular formula is C107H123N23O11S2. The number of rotatable bonds is 38. The molecule has 0 bridgehead atoms. The van der Waals surface area contributed by atoms with Gasteiger partial charge in [0.15, 0.2) is 0 Å². The Balaban J connectivity index is 0.000000126. The van der Waals surface area contributed by atoms with Crippen LogP contribution in [0.3, 0.4) is 0 Å². The van der Waals surface area contributed by atoms with Crippen molar-refractivity contribution >= 4 is 109 Å². The summed E-state index contributed by atoms with van der Waals surface area (Å²) >= 11 is 0. The number of nitrogens with one attached hydrogen (secondary N) is 1. The van der Waals surface area contributed by atoms with E-state index in [0.29, 0.717) is 50.5 Å². The molecule has 4 saturated carbocycles. The van der Waals surface area contributed by atoms with Crippen LogP contribution in [0.2, 0.25) is 0 Å². The zero-order valence-corrected chi connectivity index (χ0v) is 84.3. The average molecular weight is 1970 g/mol. The maximum absolute atomic E-state index is 11.9. The van der Waals surface area contributed by atoms with Crippen LogP contribution in [0.1, 0.15) is 82.2 Å². The largest absolute Gasteiger partial charge is 0.497 e. The van der Waals surface area contributed by atoms with Crippen LogP contribution in [-0.4, -0.2) is 227 Å². The molecule has 143 heavy (non-hydrogen) atoms. The first-order valence-corrected chi connectivity index (χ1v) is 52.4. The van der Waals surface area contributed by atoms with E-state index < -0.39 is 19.9 Å². The fraction of sp³-hybridized carbons (Fsp3) is 0.364. The summed E-state index contributed by atoms with van der Waals surface area (Å²) in [5, 5.41) is 20.8. The zero-order valence-electron chi connectivity index (χ0n) is 82.7. The van der Waals surface area contributed by atoms with Gasteiger partial charge in [0.1, 0.15) is 50.1 Å². The molecule has 8 aromatic carbocycles. The van der Waals surface area contributed by atoms with E-state index in [1.807, 2.05) is 137 Å². The molecule has 1 saturated heterocycles. The van der Waals surface area contributed by atoms with E-state index in [0.717, 1.165) is 239 Å². The van der Waals surface area contributed by atoms with E-state index >= 15 is 0 Å². The second kappa shape index (κ2) is 44.4. The van der Waals surface area contributed by atoms with Crippen LogP contribution >= 0.6 is 0 Å². The maximum atomic E-state index is 11.9. The number of benzene rings is 8. The van der Waals surface area contributed by atoms with Gasteiger partial charge in [0.2, 0.25) is 10.0 Å². The summed E-state index contributed by atoms with van der Waals surface area (Å²) in [7, 11) is 7.53. The van der Waals surface area contributed by atoms with Crippen LogP contribution in [-0.2, 0) is 40.0 Å². The summed E-state index contributed by atoms with van der Waals surface area (Å²) in [6.45, 7) is 9.97. The van der Waals surface area contributed by atoms with E-state index in [9.17, 15) is 16.8 Å². The number of hydrogen-bond acceptors (Lipinski definition) is 29. The van der Waals surface area contributed by atoms with Crippen molar-refractivity contribution in [2.24, 2.45) is 36.5 Å². The van der Waals surface area contributed by atoms with E-state index in [-0.39, 0.29) is 11.8 Å². The third-order valence-electron chi connectivity index (χ3n) is 26.2. The van der Waals surface area contributed by atoms with Gasteiger partial charge in [0.05, 0.1) is 191 Å². The molecule has 4 aliphatic carbocycles. The van der Waals surface area contributed by atoms with E-state index in [1.165, 1.54) is 73.7 Å². The van der Waals surface area contributed by atoms with E-state index in [4.69, 9.17) is 58.8 Å².